The highest BCUT2D eigenvalue weighted by Crippen LogP contribution is 2.62. The van der Waals surface area contributed by atoms with Gasteiger partial charge in [-0.15, -0.1) is 0 Å². The van der Waals surface area contributed by atoms with Gasteiger partial charge in [-0.25, -0.2) is 0 Å². The lowest BCUT2D eigenvalue weighted by Crippen LogP contribution is -2.54. The van der Waals surface area contributed by atoms with Crippen LogP contribution in [0, 0.1) is 35.0 Å². The molecule has 2 aliphatic carbocycles. The molecule has 2 heterocycles. The monoisotopic (exact) mass is 388 g/mol. The van der Waals surface area contributed by atoms with Crippen LogP contribution in [-0.2, 0) is 14.3 Å². The third-order valence-corrected chi connectivity index (χ3v) is 9.06. The molecule has 4 rings (SSSR count). The van der Waals surface area contributed by atoms with Crippen LogP contribution in [-0.4, -0.2) is 24.8 Å². The molecule has 0 aromatic carbocycles. The minimum Gasteiger partial charge on any atom is -0.469 e. The molecule has 2 bridgehead atoms. The van der Waals surface area contributed by atoms with Crippen molar-refractivity contribution in [3.05, 3.63) is 12.2 Å². The maximum absolute atomic E-state index is 11.6. The molecular weight excluding hydrogens is 348 g/mol. The van der Waals surface area contributed by atoms with E-state index in [0.29, 0.717) is 30.3 Å². The number of allylic oxidation sites excluding steroid dienone is 1. The fraction of sp³-hybridized carbons (Fsp3) is 0.880. The second kappa shape index (κ2) is 7.78. The van der Waals surface area contributed by atoms with Crippen LogP contribution in [0.4, 0.5) is 0 Å². The Bertz CT molecular complexity index is 613. The first kappa shape index (κ1) is 20.4. The molecule has 3 nitrogen and oxygen atoms in total. The number of hydrogen-bond donors (Lipinski definition) is 0. The Kier molecular flexibility index (Phi) is 5.68. The van der Waals surface area contributed by atoms with E-state index in [9.17, 15) is 4.79 Å². The van der Waals surface area contributed by atoms with Crippen LogP contribution < -0.4 is 0 Å². The average Bonchev–Trinajstić information content (AvgIpc) is 3.02. The minimum atomic E-state index is -0.0691. The van der Waals surface area contributed by atoms with Gasteiger partial charge < -0.3 is 9.47 Å². The van der Waals surface area contributed by atoms with E-state index in [1.54, 1.807) is 0 Å². The quantitative estimate of drug-likeness (QED) is 0.443. The van der Waals surface area contributed by atoms with E-state index >= 15 is 0 Å². The van der Waals surface area contributed by atoms with Gasteiger partial charge in [-0.2, -0.15) is 0 Å². The Morgan fingerprint density at radius 1 is 1.18 bits per heavy atom. The standard InChI is InChI=1S/C25H40O3/c1-17-7-9-22-21-11-10-20(18(2)8-12-23(26)27-4)24(21,3)14-15-25(22)13-5-6-19(16-17)28-25/h14-15,17-22H,5-13,16H2,1-4H3/t17?,18-,19-,20?,21?,22?,24?,25-/m1/s1. The normalized spacial score (nSPS) is 46.1. The van der Waals surface area contributed by atoms with Crippen LogP contribution in [0.5, 0.6) is 0 Å². The van der Waals surface area contributed by atoms with Crippen LogP contribution in [0.1, 0.15) is 85.0 Å². The van der Waals surface area contributed by atoms with Crippen LogP contribution >= 0.6 is 0 Å². The second-order valence-electron chi connectivity index (χ2n) is 10.7. The van der Waals surface area contributed by atoms with Gasteiger partial charge in [0.15, 0.2) is 0 Å². The summed E-state index contributed by atoms with van der Waals surface area (Å²) < 4.78 is 11.8. The van der Waals surface area contributed by atoms with Gasteiger partial charge in [0.1, 0.15) is 0 Å². The number of rotatable bonds is 4. The van der Waals surface area contributed by atoms with E-state index in [2.05, 4.69) is 32.9 Å². The Morgan fingerprint density at radius 3 is 2.75 bits per heavy atom. The summed E-state index contributed by atoms with van der Waals surface area (Å²) >= 11 is 0. The average molecular weight is 389 g/mol. The van der Waals surface area contributed by atoms with Gasteiger partial charge in [-0.1, -0.05) is 39.3 Å². The van der Waals surface area contributed by atoms with Crippen molar-refractivity contribution >= 4 is 5.97 Å². The first-order valence-corrected chi connectivity index (χ1v) is 11.8. The van der Waals surface area contributed by atoms with Gasteiger partial charge in [0.05, 0.1) is 18.8 Å². The molecule has 0 aromatic rings. The largest absolute Gasteiger partial charge is 0.469 e. The summed E-state index contributed by atoms with van der Waals surface area (Å²) in [5.41, 5.74) is 0.265. The summed E-state index contributed by atoms with van der Waals surface area (Å²) in [7, 11) is 1.50. The molecule has 2 aliphatic heterocycles. The zero-order chi connectivity index (χ0) is 19.9. The number of ether oxygens (including phenoxy) is 2. The number of carbonyl (C=O) groups is 1. The lowest BCUT2D eigenvalue weighted by Gasteiger charge is -2.55. The van der Waals surface area contributed by atoms with Crippen LogP contribution in [0.25, 0.3) is 0 Å². The molecule has 0 radical (unpaired) electrons. The topological polar surface area (TPSA) is 35.5 Å². The van der Waals surface area contributed by atoms with Crippen molar-refractivity contribution in [3.8, 4) is 0 Å². The van der Waals surface area contributed by atoms with Crippen molar-refractivity contribution in [2.45, 2.75) is 96.7 Å². The first-order valence-electron chi connectivity index (χ1n) is 11.8. The van der Waals surface area contributed by atoms with E-state index in [1.165, 1.54) is 58.5 Å². The SMILES string of the molecule is COC(=O)CC[C@@H](C)C1CCC2C3CCC(C)C[C@H]4CCC[C@]3(C=CC21C)O4. The van der Waals surface area contributed by atoms with Crippen molar-refractivity contribution in [2.24, 2.45) is 35.0 Å². The molecule has 2 saturated heterocycles. The maximum Gasteiger partial charge on any atom is 0.305 e. The van der Waals surface area contributed by atoms with Gasteiger partial charge in [-0.3, -0.25) is 4.79 Å². The molecule has 5 unspecified atom stereocenters. The van der Waals surface area contributed by atoms with E-state index in [0.717, 1.165) is 18.3 Å². The number of hydrogen-bond acceptors (Lipinski definition) is 3. The Morgan fingerprint density at radius 2 is 1.96 bits per heavy atom. The van der Waals surface area contributed by atoms with Crippen LogP contribution in [0.2, 0.25) is 0 Å². The van der Waals surface area contributed by atoms with Crippen molar-refractivity contribution in [2.75, 3.05) is 7.11 Å². The van der Waals surface area contributed by atoms with Gasteiger partial charge in [0.25, 0.3) is 0 Å². The molecule has 0 aromatic heterocycles. The third-order valence-electron chi connectivity index (χ3n) is 9.06. The zero-order valence-electron chi connectivity index (χ0n) is 18.4. The predicted octanol–water partition coefficient (Wildman–Crippen LogP) is 5.92. The molecule has 4 aliphatic rings. The first-order chi connectivity index (χ1) is 13.4. The fourth-order valence-corrected chi connectivity index (χ4v) is 7.54. The van der Waals surface area contributed by atoms with Crippen LogP contribution in [0.3, 0.4) is 0 Å². The van der Waals surface area contributed by atoms with Crippen molar-refractivity contribution < 1.29 is 14.3 Å². The van der Waals surface area contributed by atoms with Crippen molar-refractivity contribution in [1.29, 1.82) is 0 Å². The number of carbonyl (C=O) groups excluding carboxylic acids is 1. The Balaban J connectivity index is 1.57. The summed E-state index contributed by atoms with van der Waals surface area (Å²) in [4.78, 5) is 11.6. The highest BCUT2D eigenvalue weighted by atomic mass is 16.5. The lowest BCUT2D eigenvalue weighted by molar-refractivity contribution is -0.170. The molecule has 8 atom stereocenters. The Labute approximate surface area is 171 Å². The molecule has 3 fully saturated rings. The summed E-state index contributed by atoms with van der Waals surface area (Å²) in [6.07, 6.45) is 17.4. The highest BCUT2D eigenvalue weighted by molar-refractivity contribution is 5.69. The lowest BCUT2D eigenvalue weighted by atomic mass is 9.56. The van der Waals surface area contributed by atoms with Crippen molar-refractivity contribution in [3.63, 3.8) is 0 Å². The molecule has 1 spiro atoms. The minimum absolute atomic E-state index is 0.0113. The smallest absolute Gasteiger partial charge is 0.305 e. The summed E-state index contributed by atoms with van der Waals surface area (Å²) in [5, 5.41) is 0. The second-order valence-corrected chi connectivity index (χ2v) is 10.7. The number of esters is 1. The highest BCUT2D eigenvalue weighted by Gasteiger charge is 2.58. The van der Waals surface area contributed by atoms with Crippen molar-refractivity contribution in [1.82, 2.24) is 0 Å². The van der Waals surface area contributed by atoms with Crippen LogP contribution in [0.15, 0.2) is 12.2 Å². The van der Waals surface area contributed by atoms with Gasteiger partial charge >= 0.3 is 5.97 Å². The molecule has 158 valence electrons. The zero-order valence-corrected chi connectivity index (χ0v) is 18.4. The molecule has 3 heteroatoms. The molecule has 0 amide bonds. The maximum atomic E-state index is 11.6. The van der Waals surface area contributed by atoms with Gasteiger partial charge in [0, 0.05) is 6.42 Å². The summed E-state index contributed by atoms with van der Waals surface area (Å²) in [5.74, 6) is 3.34. The predicted molar refractivity (Wildman–Crippen MR) is 112 cm³/mol. The van der Waals surface area contributed by atoms with E-state index in [1.807, 2.05) is 0 Å². The molecule has 0 N–H and O–H groups in total. The Hall–Kier alpha value is -0.830. The number of fused-ring (bicyclic) bond motifs is 3. The fourth-order valence-electron chi connectivity index (χ4n) is 7.54. The molecule has 28 heavy (non-hydrogen) atoms. The van der Waals surface area contributed by atoms with E-state index in [4.69, 9.17) is 9.47 Å². The molecular formula is C25H40O3. The molecule has 1 saturated carbocycles. The summed E-state index contributed by atoms with van der Waals surface area (Å²) in [6.45, 7) is 7.29. The van der Waals surface area contributed by atoms with Gasteiger partial charge in [0.2, 0.25) is 0 Å². The van der Waals surface area contributed by atoms with E-state index in [-0.39, 0.29) is 17.0 Å². The van der Waals surface area contributed by atoms with E-state index < -0.39 is 0 Å². The third kappa shape index (κ3) is 3.46. The number of methoxy groups -OCH3 is 1. The summed E-state index contributed by atoms with van der Waals surface area (Å²) in [6, 6.07) is 0. The van der Waals surface area contributed by atoms with Gasteiger partial charge in [-0.05, 0) is 86.4 Å².